The van der Waals surface area contributed by atoms with E-state index >= 15 is 0 Å². The van der Waals surface area contributed by atoms with Crippen molar-refractivity contribution in [1.29, 1.82) is 0 Å². The Morgan fingerprint density at radius 3 is 2.74 bits per heavy atom. The van der Waals surface area contributed by atoms with Crippen LogP contribution in [0.5, 0.6) is 0 Å². The molecule has 0 unspecified atom stereocenters. The number of benzene rings is 1. The molecular weight excluding hydrogens is 242 g/mol. The molecule has 0 N–H and O–H groups in total. The molecule has 0 radical (unpaired) electrons. The first-order valence-corrected chi connectivity index (χ1v) is 5.83. The van der Waals surface area contributed by atoms with Crippen molar-refractivity contribution in [2.24, 2.45) is 0 Å². The number of rotatable bonds is 2. The van der Waals surface area contributed by atoms with Crippen LogP contribution in [0.2, 0.25) is 0 Å². The summed E-state index contributed by atoms with van der Waals surface area (Å²) in [5, 5.41) is 16.2. The fourth-order valence-electron chi connectivity index (χ4n) is 2.06. The molecule has 0 aliphatic carbocycles. The first-order chi connectivity index (χ1) is 9.42. The molecule has 0 saturated carbocycles. The van der Waals surface area contributed by atoms with E-state index in [0.717, 1.165) is 5.56 Å². The SMILES string of the molecule is c1ccc(Cn2nnc3c2ncn2cnnc32)cc1. The molecule has 1 aromatic carbocycles. The largest absolute Gasteiger partial charge is 0.270 e. The van der Waals surface area contributed by atoms with Crippen LogP contribution in [0, 0.1) is 0 Å². The molecule has 0 amide bonds. The maximum atomic E-state index is 4.36. The first-order valence-electron chi connectivity index (χ1n) is 5.83. The first kappa shape index (κ1) is 10.1. The minimum Gasteiger partial charge on any atom is -0.270 e. The summed E-state index contributed by atoms with van der Waals surface area (Å²) >= 11 is 0. The number of aromatic nitrogens is 7. The van der Waals surface area contributed by atoms with Gasteiger partial charge in [-0.2, -0.15) is 0 Å². The van der Waals surface area contributed by atoms with Crippen LogP contribution >= 0.6 is 0 Å². The van der Waals surface area contributed by atoms with Gasteiger partial charge in [0.1, 0.15) is 12.7 Å². The summed E-state index contributed by atoms with van der Waals surface area (Å²) in [4.78, 5) is 4.36. The number of fused-ring (bicyclic) bond motifs is 3. The second-order valence-electron chi connectivity index (χ2n) is 4.21. The van der Waals surface area contributed by atoms with Crippen molar-refractivity contribution in [2.75, 3.05) is 0 Å². The van der Waals surface area contributed by atoms with Gasteiger partial charge in [-0.25, -0.2) is 9.67 Å². The van der Waals surface area contributed by atoms with Gasteiger partial charge in [-0.1, -0.05) is 35.5 Å². The smallest absolute Gasteiger partial charge is 0.193 e. The van der Waals surface area contributed by atoms with E-state index in [4.69, 9.17) is 0 Å². The highest BCUT2D eigenvalue weighted by atomic mass is 15.4. The zero-order chi connectivity index (χ0) is 12.7. The molecule has 7 heteroatoms. The molecule has 19 heavy (non-hydrogen) atoms. The van der Waals surface area contributed by atoms with Crippen LogP contribution in [0.25, 0.3) is 16.8 Å². The summed E-state index contributed by atoms with van der Waals surface area (Å²) in [6.45, 7) is 0.634. The van der Waals surface area contributed by atoms with Gasteiger partial charge in [-0.3, -0.25) is 4.40 Å². The highest BCUT2D eigenvalue weighted by Gasteiger charge is 2.11. The summed E-state index contributed by atoms with van der Waals surface area (Å²) in [5.74, 6) is 0. The molecule has 3 heterocycles. The van der Waals surface area contributed by atoms with Crippen molar-refractivity contribution in [3.63, 3.8) is 0 Å². The van der Waals surface area contributed by atoms with E-state index in [1.807, 2.05) is 30.3 Å². The predicted octanol–water partition coefficient (Wildman–Crippen LogP) is 0.917. The van der Waals surface area contributed by atoms with Crippen molar-refractivity contribution in [3.8, 4) is 0 Å². The predicted molar refractivity (Wildman–Crippen MR) is 67.4 cm³/mol. The van der Waals surface area contributed by atoms with E-state index in [-0.39, 0.29) is 0 Å². The third-order valence-electron chi connectivity index (χ3n) is 2.97. The van der Waals surface area contributed by atoms with Crippen LogP contribution in [-0.4, -0.2) is 34.6 Å². The second kappa shape index (κ2) is 3.84. The molecule has 0 bridgehead atoms. The van der Waals surface area contributed by atoms with Gasteiger partial charge < -0.3 is 0 Å². The zero-order valence-corrected chi connectivity index (χ0v) is 9.88. The summed E-state index contributed by atoms with van der Waals surface area (Å²) < 4.78 is 3.49. The Balaban J connectivity index is 1.87. The van der Waals surface area contributed by atoms with E-state index in [1.165, 1.54) is 0 Å². The molecule has 0 atom stereocenters. The second-order valence-corrected chi connectivity index (χ2v) is 4.21. The van der Waals surface area contributed by atoms with Gasteiger partial charge in [0.05, 0.1) is 6.54 Å². The average molecular weight is 251 g/mol. The quantitative estimate of drug-likeness (QED) is 0.529. The Hall–Kier alpha value is -2.83. The molecule has 3 aromatic heterocycles. The molecule has 4 aromatic rings. The van der Waals surface area contributed by atoms with Gasteiger partial charge in [0.15, 0.2) is 16.8 Å². The van der Waals surface area contributed by atoms with Crippen molar-refractivity contribution >= 4 is 16.8 Å². The van der Waals surface area contributed by atoms with E-state index in [0.29, 0.717) is 23.4 Å². The summed E-state index contributed by atoms with van der Waals surface area (Å²) in [5.41, 5.74) is 3.20. The topological polar surface area (TPSA) is 73.8 Å². The van der Waals surface area contributed by atoms with Gasteiger partial charge in [0.2, 0.25) is 0 Å². The number of hydrogen-bond acceptors (Lipinski definition) is 5. The molecule has 0 saturated heterocycles. The average Bonchev–Trinajstić information content (AvgIpc) is 3.06. The highest BCUT2D eigenvalue weighted by Crippen LogP contribution is 2.13. The van der Waals surface area contributed by atoms with Gasteiger partial charge >= 0.3 is 0 Å². The van der Waals surface area contributed by atoms with Crippen LogP contribution in [0.15, 0.2) is 43.0 Å². The third kappa shape index (κ3) is 1.55. The van der Waals surface area contributed by atoms with Gasteiger partial charge in [0, 0.05) is 0 Å². The summed E-state index contributed by atoms with van der Waals surface area (Å²) in [6, 6.07) is 10.1. The summed E-state index contributed by atoms with van der Waals surface area (Å²) in [7, 11) is 0. The minimum atomic E-state index is 0.634. The monoisotopic (exact) mass is 251 g/mol. The van der Waals surface area contributed by atoms with Gasteiger partial charge in [-0.05, 0) is 5.56 Å². The molecule has 0 aliphatic rings. The molecule has 7 nitrogen and oxygen atoms in total. The molecule has 4 rings (SSSR count). The molecule has 0 fully saturated rings. The van der Waals surface area contributed by atoms with E-state index < -0.39 is 0 Å². The Labute approximate surface area is 107 Å². The van der Waals surface area contributed by atoms with Crippen LogP contribution in [-0.2, 0) is 6.54 Å². The maximum Gasteiger partial charge on any atom is 0.193 e. The molecule has 92 valence electrons. The van der Waals surface area contributed by atoms with Crippen molar-refractivity contribution in [1.82, 2.24) is 34.6 Å². The van der Waals surface area contributed by atoms with Crippen LogP contribution in [0.1, 0.15) is 5.56 Å². The lowest BCUT2D eigenvalue weighted by Gasteiger charge is -2.01. The van der Waals surface area contributed by atoms with E-state index in [9.17, 15) is 0 Å². The van der Waals surface area contributed by atoms with Crippen molar-refractivity contribution in [2.45, 2.75) is 6.54 Å². The van der Waals surface area contributed by atoms with Crippen molar-refractivity contribution < 1.29 is 0 Å². The zero-order valence-electron chi connectivity index (χ0n) is 9.88. The lowest BCUT2D eigenvalue weighted by molar-refractivity contribution is 0.664. The van der Waals surface area contributed by atoms with Crippen LogP contribution < -0.4 is 0 Å². The van der Waals surface area contributed by atoms with Crippen LogP contribution in [0.3, 0.4) is 0 Å². The maximum absolute atomic E-state index is 4.36. The van der Waals surface area contributed by atoms with E-state index in [2.05, 4.69) is 25.5 Å². The molecular formula is C12H9N7. The Morgan fingerprint density at radius 1 is 0.947 bits per heavy atom. The van der Waals surface area contributed by atoms with Crippen molar-refractivity contribution in [3.05, 3.63) is 48.5 Å². The third-order valence-corrected chi connectivity index (χ3v) is 2.97. The fourth-order valence-corrected chi connectivity index (χ4v) is 2.06. The Morgan fingerprint density at radius 2 is 1.84 bits per heavy atom. The summed E-state index contributed by atoms with van der Waals surface area (Å²) in [6.07, 6.45) is 3.26. The van der Waals surface area contributed by atoms with E-state index in [1.54, 1.807) is 21.7 Å². The van der Waals surface area contributed by atoms with Crippen LogP contribution in [0.4, 0.5) is 0 Å². The molecule has 0 spiro atoms. The minimum absolute atomic E-state index is 0.634. The number of hydrogen-bond donors (Lipinski definition) is 0. The standard InChI is InChI=1S/C12H9N7/c1-2-4-9(5-3-1)6-19-11-10(15-17-19)12-16-14-8-18(12)7-13-11/h1-5,7-8H,6H2. The lowest BCUT2D eigenvalue weighted by atomic mass is 10.2. The Bertz CT molecular complexity index is 846. The van der Waals surface area contributed by atoms with Gasteiger partial charge in [-0.15, -0.1) is 15.3 Å². The Kier molecular flexibility index (Phi) is 2.05. The number of nitrogens with zero attached hydrogens (tertiary/aromatic N) is 7. The normalized spacial score (nSPS) is 11.4. The van der Waals surface area contributed by atoms with Gasteiger partial charge in [0.25, 0.3) is 0 Å². The highest BCUT2D eigenvalue weighted by molar-refractivity contribution is 5.83. The fraction of sp³-hybridized carbons (Fsp3) is 0.0833. The lowest BCUT2D eigenvalue weighted by Crippen LogP contribution is -2.03. The molecule has 0 aliphatic heterocycles.